The number of quaternary nitrogens is 1. The monoisotopic (exact) mass is 968 g/mol. The largest absolute Gasteiger partial charge is 0.472 e. The molecule has 0 rings (SSSR count). The van der Waals surface area contributed by atoms with E-state index in [4.69, 9.17) is 9.05 Å². The number of hydrogen-bond donors (Lipinski definition) is 3. The van der Waals surface area contributed by atoms with Gasteiger partial charge >= 0.3 is 7.82 Å². The van der Waals surface area contributed by atoms with Crippen molar-refractivity contribution in [2.75, 3.05) is 40.9 Å². The van der Waals surface area contributed by atoms with Crippen molar-refractivity contribution < 1.29 is 32.9 Å². The Morgan fingerprint density at radius 1 is 0.507 bits per heavy atom. The van der Waals surface area contributed by atoms with Crippen LogP contribution in [0.2, 0.25) is 0 Å². The Kier molecular flexibility index (Phi) is 49.2. The Bertz CT molecular complexity index is 1140. The van der Waals surface area contributed by atoms with E-state index in [-0.39, 0.29) is 19.1 Å². The van der Waals surface area contributed by atoms with Gasteiger partial charge < -0.3 is 19.8 Å². The number of hydrogen-bond acceptors (Lipinski definition) is 5. The summed E-state index contributed by atoms with van der Waals surface area (Å²) in [4.78, 5) is 23.3. The standard InChI is InChI=1S/C58H115N2O6P/c1-6-8-10-12-14-16-18-20-21-22-23-24-25-26-27-28-29-30-31-32-33-34-35-36-37-38-39-40-42-44-46-48-50-52-58(62)59-56(55-66-67(63,64)65-54-53-60(3,4)5)57(61)51-49-47-45-43-41-19-17-15-13-11-9-7-2/h23-24,26-27,56-57,61H,6-22,25,28-55H2,1-5H3,(H-,59,62,63,64)/p+1/b24-23-,27-26-. The fraction of sp³-hybridized carbons (Fsp3) is 0.914. The van der Waals surface area contributed by atoms with Gasteiger partial charge in [0, 0.05) is 6.42 Å². The summed E-state index contributed by atoms with van der Waals surface area (Å²) in [5.41, 5.74) is 0. The maximum atomic E-state index is 13.0. The number of likely N-dealkylation sites (N-methyl/N-ethyl adjacent to an activating group) is 1. The molecule has 0 saturated heterocycles. The number of carbonyl (C=O) groups is 1. The highest BCUT2D eigenvalue weighted by atomic mass is 31.2. The lowest BCUT2D eigenvalue weighted by molar-refractivity contribution is -0.870. The van der Waals surface area contributed by atoms with Gasteiger partial charge in [-0.3, -0.25) is 13.8 Å². The number of nitrogens with zero attached hydrogens (tertiary/aromatic N) is 1. The predicted octanol–water partition coefficient (Wildman–Crippen LogP) is 17.6. The van der Waals surface area contributed by atoms with E-state index in [1.54, 1.807) is 0 Å². The van der Waals surface area contributed by atoms with E-state index in [1.807, 2.05) is 21.1 Å². The molecule has 0 aliphatic rings. The minimum Gasteiger partial charge on any atom is -0.391 e. The van der Waals surface area contributed by atoms with Crippen molar-refractivity contribution in [3.63, 3.8) is 0 Å². The predicted molar refractivity (Wildman–Crippen MR) is 291 cm³/mol. The number of allylic oxidation sites excluding steroid dienone is 4. The highest BCUT2D eigenvalue weighted by molar-refractivity contribution is 7.47. The summed E-state index contributed by atoms with van der Waals surface area (Å²) >= 11 is 0. The van der Waals surface area contributed by atoms with Crippen molar-refractivity contribution in [3.8, 4) is 0 Å². The molecule has 3 N–H and O–H groups in total. The Morgan fingerprint density at radius 3 is 1.22 bits per heavy atom. The quantitative estimate of drug-likeness (QED) is 0.0243. The van der Waals surface area contributed by atoms with Gasteiger partial charge in [-0.15, -0.1) is 0 Å². The first-order valence-corrected chi connectivity index (χ1v) is 30.7. The van der Waals surface area contributed by atoms with Crippen molar-refractivity contribution in [2.24, 2.45) is 0 Å². The van der Waals surface area contributed by atoms with Crippen molar-refractivity contribution in [1.82, 2.24) is 5.32 Å². The molecule has 3 atom stereocenters. The third-order valence-electron chi connectivity index (χ3n) is 13.5. The second kappa shape index (κ2) is 49.9. The van der Waals surface area contributed by atoms with Crippen LogP contribution in [0.25, 0.3) is 0 Å². The van der Waals surface area contributed by atoms with Crippen LogP contribution in [0.15, 0.2) is 24.3 Å². The van der Waals surface area contributed by atoms with Gasteiger partial charge in [0.1, 0.15) is 13.2 Å². The summed E-state index contributed by atoms with van der Waals surface area (Å²) < 4.78 is 23.7. The van der Waals surface area contributed by atoms with Gasteiger partial charge in [0.05, 0.1) is 39.9 Å². The van der Waals surface area contributed by atoms with E-state index in [1.165, 1.54) is 218 Å². The van der Waals surface area contributed by atoms with E-state index >= 15 is 0 Å². The summed E-state index contributed by atoms with van der Waals surface area (Å²) in [7, 11) is 1.63. The van der Waals surface area contributed by atoms with Crippen LogP contribution >= 0.6 is 7.82 Å². The summed E-state index contributed by atoms with van der Waals surface area (Å²) in [6.07, 6.45) is 62.5. The molecule has 0 fully saturated rings. The number of aliphatic hydroxyl groups is 1. The third kappa shape index (κ3) is 52.6. The van der Waals surface area contributed by atoms with E-state index in [9.17, 15) is 19.4 Å². The molecule has 0 saturated carbocycles. The second-order valence-corrected chi connectivity index (χ2v) is 22.8. The minimum atomic E-state index is -4.31. The van der Waals surface area contributed by atoms with Crippen LogP contribution in [-0.2, 0) is 18.4 Å². The normalized spacial score (nSPS) is 14.1. The van der Waals surface area contributed by atoms with Gasteiger partial charge in [0.15, 0.2) is 0 Å². The lowest BCUT2D eigenvalue weighted by atomic mass is 10.0. The maximum Gasteiger partial charge on any atom is 0.472 e. The Labute approximate surface area is 417 Å². The first kappa shape index (κ1) is 66.0. The van der Waals surface area contributed by atoms with Crippen LogP contribution < -0.4 is 5.32 Å². The number of unbranched alkanes of at least 4 members (excludes halogenated alkanes) is 37. The molecular formula is C58H116N2O6P+. The van der Waals surface area contributed by atoms with E-state index < -0.39 is 20.0 Å². The topological polar surface area (TPSA) is 105 Å². The van der Waals surface area contributed by atoms with E-state index in [0.29, 0.717) is 23.9 Å². The van der Waals surface area contributed by atoms with Gasteiger partial charge in [-0.25, -0.2) is 4.57 Å². The second-order valence-electron chi connectivity index (χ2n) is 21.4. The number of carbonyl (C=O) groups excluding carboxylic acids is 1. The van der Waals surface area contributed by atoms with Gasteiger partial charge in [0.2, 0.25) is 5.91 Å². The number of nitrogens with one attached hydrogen (secondary N) is 1. The molecule has 9 heteroatoms. The first-order valence-electron chi connectivity index (χ1n) is 29.2. The molecule has 0 radical (unpaired) electrons. The third-order valence-corrected chi connectivity index (χ3v) is 14.4. The zero-order valence-electron chi connectivity index (χ0n) is 45.4. The van der Waals surface area contributed by atoms with E-state index in [0.717, 1.165) is 44.9 Å². The Morgan fingerprint density at radius 2 is 0.851 bits per heavy atom. The average Bonchev–Trinajstić information content (AvgIpc) is 3.29. The molecule has 67 heavy (non-hydrogen) atoms. The number of amides is 1. The average molecular weight is 969 g/mol. The van der Waals surface area contributed by atoms with Gasteiger partial charge in [-0.2, -0.15) is 0 Å². The molecule has 0 aromatic rings. The molecular weight excluding hydrogens is 852 g/mol. The van der Waals surface area contributed by atoms with Crippen LogP contribution in [0.1, 0.15) is 290 Å². The molecule has 398 valence electrons. The number of aliphatic hydroxyl groups excluding tert-OH is 1. The van der Waals surface area contributed by atoms with Crippen molar-refractivity contribution in [1.29, 1.82) is 0 Å². The van der Waals surface area contributed by atoms with Crippen molar-refractivity contribution in [2.45, 2.75) is 302 Å². The SMILES string of the molecule is CCCCCCCCCCC/C=C\C/C=C\CCCCCCCCCCCCCCCCCCCC(=O)NC(COP(=O)(O)OCC[N+](C)(C)C)C(O)CCCCCCCCCCCCCC. The fourth-order valence-corrected chi connectivity index (χ4v) is 9.58. The zero-order valence-corrected chi connectivity index (χ0v) is 46.3. The molecule has 0 aliphatic carbocycles. The smallest absolute Gasteiger partial charge is 0.391 e. The number of phosphoric ester groups is 1. The van der Waals surface area contributed by atoms with Crippen LogP contribution in [0, 0.1) is 0 Å². The molecule has 0 spiro atoms. The summed E-state index contributed by atoms with van der Waals surface area (Å²) in [5.74, 6) is -0.141. The molecule has 8 nitrogen and oxygen atoms in total. The van der Waals surface area contributed by atoms with Crippen LogP contribution in [-0.4, -0.2) is 73.4 Å². The van der Waals surface area contributed by atoms with Crippen molar-refractivity contribution >= 4 is 13.7 Å². The lowest BCUT2D eigenvalue weighted by Gasteiger charge is -2.26. The molecule has 0 heterocycles. The van der Waals surface area contributed by atoms with E-state index in [2.05, 4.69) is 43.5 Å². The summed E-state index contributed by atoms with van der Waals surface area (Å²) in [6.45, 7) is 4.91. The number of rotatable bonds is 54. The van der Waals surface area contributed by atoms with Crippen LogP contribution in [0.4, 0.5) is 0 Å². The van der Waals surface area contributed by atoms with Crippen LogP contribution in [0.3, 0.4) is 0 Å². The molecule has 0 aromatic heterocycles. The highest BCUT2D eigenvalue weighted by Crippen LogP contribution is 2.43. The van der Waals surface area contributed by atoms with Gasteiger partial charge in [0.25, 0.3) is 0 Å². The van der Waals surface area contributed by atoms with Gasteiger partial charge in [-0.05, 0) is 44.9 Å². The minimum absolute atomic E-state index is 0.0766. The lowest BCUT2D eigenvalue weighted by Crippen LogP contribution is -2.46. The molecule has 1 amide bonds. The maximum absolute atomic E-state index is 13.0. The van der Waals surface area contributed by atoms with Gasteiger partial charge in [-0.1, -0.05) is 263 Å². The summed E-state index contributed by atoms with van der Waals surface area (Å²) in [6, 6.07) is -0.757. The molecule has 0 aliphatic heterocycles. The molecule has 0 aromatic carbocycles. The molecule has 3 unspecified atom stereocenters. The summed E-state index contributed by atoms with van der Waals surface area (Å²) in [5, 5.41) is 14.0. The number of phosphoric acid groups is 1. The van der Waals surface area contributed by atoms with Crippen molar-refractivity contribution in [3.05, 3.63) is 24.3 Å². The Balaban J connectivity index is 3.95. The fourth-order valence-electron chi connectivity index (χ4n) is 8.84. The molecule has 0 bridgehead atoms. The zero-order chi connectivity index (χ0) is 49.2. The first-order chi connectivity index (χ1) is 32.5. The Hall–Kier alpha value is -1.02. The highest BCUT2D eigenvalue weighted by Gasteiger charge is 2.28. The van der Waals surface area contributed by atoms with Crippen LogP contribution in [0.5, 0.6) is 0 Å².